The minimum Gasteiger partial charge on any atom is -0.467 e. The van der Waals surface area contributed by atoms with Gasteiger partial charge in [-0.1, -0.05) is 39.8 Å². The van der Waals surface area contributed by atoms with E-state index in [9.17, 15) is 9.90 Å². The summed E-state index contributed by atoms with van der Waals surface area (Å²) in [7, 11) is 1.23. The van der Waals surface area contributed by atoms with Crippen LogP contribution in [0.15, 0.2) is 29.2 Å². The molecule has 3 nitrogen and oxygen atoms in total. The summed E-state index contributed by atoms with van der Waals surface area (Å²) in [5.41, 5.74) is 0.486. The lowest BCUT2D eigenvalue weighted by atomic mass is 10.1. The van der Waals surface area contributed by atoms with Crippen LogP contribution >= 0.6 is 12.6 Å². The third-order valence-electron chi connectivity index (χ3n) is 1.61. The van der Waals surface area contributed by atoms with Crippen LogP contribution in [0.1, 0.15) is 39.4 Å². The molecule has 0 aliphatic heterocycles. The van der Waals surface area contributed by atoms with Crippen molar-refractivity contribution < 1.29 is 14.6 Å². The topological polar surface area (TPSA) is 46.5 Å². The van der Waals surface area contributed by atoms with E-state index in [1.165, 1.54) is 7.11 Å². The fourth-order valence-corrected chi connectivity index (χ4v) is 1.18. The quantitative estimate of drug-likeness (QED) is 0.632. The van der Waals surface area contributed by atoms with Crippen LogP contribution in [-0.4, -0.2) is 18.2 Å². The van der Waals surface area contributed by atoms with Crippen LogP contribution in [0, 0.1) is 0 Å². The Morgan fingerprint density at radius 2 is 1.82 bits per heavy atom. The van der Waals surface area contributed by atoms with Gasteiger partial charge in [-0.3, -0.25) is 0 Å². The van der Waals surface area contributed by atoms with Crippen LogP contribution < -0.4 is 0 Å². The molecule has 98 valence electrons. The van der Waals surface area contributed by atoms with E-state index in [1.54, 1.807) is 24.3 Å². The smallest absolute Gasteiger partial charge is 0.339 e. The molecule has 0 bridgehead atoms. The van der Waals surface area contributed by atoms with E-state index in [2.05, 4.69) is 17.4 Å². The first kappa shape index (κ1) is 18.4. The zero-order valence-corrected chi connectivity index (χ0v) is 12.0. The normalized spacial score (nSPS) is 10.1. The monoisotopic (exact) mass is 258 g/mol. The summed E-state index contributed by atoms with van der Waals surface area (Å²) in [6, 6.07) is 6.73. The van der Waals surface area contributed by atoms with E-state index in [0.717, 1.165) is 0 Å². The number of hydrogen-bond acceptors (Lipinski definition) is 4. The maximum absolute atomic E-state index is 10.9. The van der Waals surface area contributed by atoms with Crippen molar-refractivity contribution in [2.75, 3.05) is 7.11 Å². The van der Waals surface area contributed by atoms with E-state index in [-0.39, 0.29) is 0 Å². The first-order chi connectivity index (χ1) is 8.15. The van der Waals surface area contributed by atoms with Gasteiger partial charge in [0.25, 0.3) is 0 Å². The highest BCUT2D eigenvalue weighted by atomic mass is 32.1. The number of aliphatic hydroxyl groups excluding tert-OH is 1. The van der Waals surface area contributed by atoms with Gasteiger partial charge in [0.05, 0.1) is 7.11 Å². The molecule has 17 heavy (non-hydrogen) atoms. The lowest BCUT2D eigenvalue weighted by Crippen LogP contribution is -2.13. The van der Waals surface area contributed by atoms with Crippen LogP contribution in [0.25, 0.3) is 0 Å². The molecule has 1 rings (SSSR count). The SMILES string of the molecule is CC.CC.COC(=O)C(O)c1cccc(S)c1. The molecule has 0 heterocycles. The van der Waals surface area contributed by atoms with Gasteiger partial charge in [0.1, 0.15) is 0 Å². The third-order valence-corrected chi connectivity index (χ3v) is 1.89. The Labute approximate surface area is 109 Å². The zero-order chi connectivity index (χ0) is 13.8. The highest BCUT2D eigenvalue weighted by Crippen LogP contribution is 2.17. The average Bonchev–Trinajstić information content (AvgIpc) is 2.41. The Balaban J connectivity index is 0. The summed E-state index contributed by atoms with van der Waals surface area (Å²) in [5.74, 6) is -0.668. The van der Waals surface area contributed by atoms with Crippen molar-refractivity contribution in [2.24, 2.45) is 0 Å². The van der Waals surface area contributed by atoms with E-state index in [4.69, 9.17) is 0 Å². The first-order valence-corrected chi connectivity index (χ1v) is 6.14. The number of esters is 1. The molecule has 4 heteroatoms. The fourth-order valence-electron chi connectivity index (χ4n) is 0.943. The molecular formula is C13H22O3S. The molecule has 0 aromatic heterocycles. The third kappa shape index (κ3) is 7.02. The van der Waals surface area contributed by atoms with Crippen molar-refractivity contribution in [1.29, 1.82) is 0 Å². The summed E-state index contributed by atoms with van der Waals surface area (Å²) in [5, 5.41) is 9.40. The van der Waals surface area contributed by atoms with Crippen LogP contribution in [0.5, 0.6) is 0 Å². The van der Waals surface area contributed by atoms with Crippen molar-refractivity contribution in [2.45, 2.75) is 38.7 Å². The van der Waals surface area contributed by atoms with Gasteiger partial charge >= 0.3 is 5.97 Å². The number of methoxy groups -OCH3 is 1. The Hall–Kier alpha value is -1.00. The average molecular weight is 258 g/mol. The van der Waals surface area contributed by atoms with Crippen molar-refractivity contribution >= 4 is 18.6 Å². The molecule has 0 aliphatic carbocycles. The first-order valence-electron chi connectivity index (χ1n) is 5.70. The van der Waals surface area contributed by atoms with E-state index in [1.807, 2.05) is 27.7 Å². The van der Waals surface area contributed by atoms with E-state index in [0.29, 0.717) is 10.5 Å². The molecule has 0 aliphatic rings. The van der Waals surface area contributed by atoms with Crippen LogP contribution in [0.4, 0.5) is 0 Å². The van der Waals surface area contributed by atoms with Crippen molar-refractivity contribution in [3.05, 3.63) is 29.8 Å². The summed E-state index contributed by atoms with van der Waals surface area (Å²) < 4.78 is 4.39. The fraction of sp³-hybridized carbons (Fsp3) is 0.462. The Kier molecular flexibility index (Phi) is 12.4. The molecule has 0 spiro atoms. The highest BCUT2D eigenvalue weighted by molar-refractivity contribution is 7.80. The molecule has 1 aromatic rings. The second-order valence-corrected chi connectivity index (χ2v) is 3.04. The number of rotatable bonds is 2. The maximum atomic E-state index is 10.9. The summed E-state index contributed by atoms with van der Waals surface area (Å²) in [4.78, 5) is 11.6. The molecule has 0 amide bonds. The van der Waals surface area contributed by atoms with Gasteiger partial charge in [0.15, 0.2) is 6.10 Å². The second kappa shape index (κ2) is 11.5. The minimum atomic E-state index is -1.22. The van der Waals surface area contributed by atoms with Gasteiger partial charge in [0, 0.05) is 4.90 Å². The summed E-state index contributed by atoms with van der Waals surface area (Å²) in [6.07, 6.45) is -1.22. The summed E-state index contributed by atoms with van der Waals surface area (Å²) >= 11 is 4.08. The Morgan fingerprint density at radius 3 is 2.24 bits per heavy atom. The molecular weight excluding hydrogens is 236 g/mol. The number of carbonyl (C=O) groups is 1. The van der Waals surface area contributed by atoms with Crippen LogP contribution in [0.3, 0.4) is 0 Å². The van der Waals surface area contributed by atoms with Gasteiger partial charge in [-0.25, -0.2) is 4.79 Å². The van der Waals surface area contributed by atoms with Gasteiger partial charge in [-0.2, -0.15) is 0 Å². The van der Waals surface area contributed by atoms with Gasteiger partial charge in [-0.05, 0) is 17.7 Å². The molecule has 1 aromatic carbocycles. The predicted molar refractivity (Wildman–Crippen MR) is 73.4 cm³/mol. The van der Waals surface area contributed by atoms with Gasteiger partial charge in [0.2, 0.25) is 0 Å². The molecule has 1 N–H and O–H groups in total. The lowest BCUT2D eigenvalue weighted by Gasteiger charge is -2.08. The number of aliphatic hydroxyl groups is 1. The molecule has 1 atom stereocenters. The van der Waals surface area contributed by atoms with Crippen molar-refractivity contribution in [3.8, 4) is 0 Å². The standard InChI is InChI=1S/C9H10O3S.2C2H6/c1-12-9(11)8(10)6-3-2-4-7(13)5-6;2*1-2/h2-5,8,10,13H,1H3;2*1-2H3. The molecule has 0 saturated heterocycles. The van der Waals surface area contributed by atoms with Crippen LogP contribution in [-0.2, 0) is 9.53 Å². The Bertz CT molecular complexity index is 313. The molecule has 0 saturated carbocycles. The summed E-state index contributed by atoms with van der Waals surface area (Å²) in [6.45, 7) is 8.00. The number of benzene rings is 1. The molecule has 1 unspecified atom stereocenters. The van der Waals surface area contributed by atoms with Crippen molar-refractivity contribution in [1.82, 2.24) is 0 Å². The van der Waals surface area contributed by atoms with E-state index < -0.39 is 12.1 Å². The van der Waals surface area contributed by atoms with E-state index >= 15 is 0 Å². The lowest BCUT2D eigenvalue weighted by molar-refractivity contribution is -0.150. The number of ether oxygens (including phenoxy) is 1. The maximum Gasteiger partial charge on any atom is 0.339 e. The van der Waals surface area contributed by atoms with Gasteiger partial charge in [-0.15, -0.1) is 12.6 Å². The largest absolute Gasteiger partial charge is 0.467 e. The number of carbonyl (C=O) groups excluding carboxylic acids is 1. The number of hydrogen-bond donors (Lipinski definition) is 2. The molecule has 0 fully saturated rings. The zero-order valence-electron chi connectivity index (χ0n) is 11.1. The number of thiol groups is 1. The molecule has 0 radical (unpaired) electrons. The predicted octanol–water partition coefficient (Wildman–Crippen LogP) is 3.23. The van der Waals surface area contributed by atoms with Crippen LogP contribution in [0.2, 0.25) is 0 Å². The van der Waals surface area contributed by atoms with Gasteiger partial charge < -0.3 is 9.84 Å². The minimum absolute atomic E-state index is 0.486. The Morgan fingerprint density at radius 1 is 1.29 bits per heavy atom. The second-order valence-electron chi connectivity index (χ2n) is 2.52. The van der Waals surface area contributed by atoms with Crippen molar-refractivity contribution in [3.63, 3.8) is 0 Å². The highest BCUT2D eigenvalue weighted by Gasteiger charge is 2.17.